The monoisotopic (exact) mass is 254 g/mol. The van der Waals surface area contributed by atoms with Crippen LogP contribution in [0.25, 0.3) is 0 Å². The molecule has 0 aromatic heterocycles. The summed E-state index contributed by atoms with van der Waals surface area (Å²) in [4.78, 5) is 10.6. The highest BCUT2D eigenvalue weighted by Crippen LogP contribution is 2.43. The number of benzene rings is 1. The van der Waals surface area contributed by atoms with Crippen molar-refractivity contribution in [1.82, 2.24) is 0 Å². The van der Waals surface area contributed by atoms with Crippen molar-refractivity contribution in [1.29, 1.82) is 0 Å². The lowest BCUT2D eigenvalue weighted by atomic mass is 9.93. The summed E-state index contributed by atoms with van der Waals surface area (Å²) in [7, 11) is 0. The van der Waals surface area contributed by atoms with Crippen LogP contribution in [0, 0.1) is 6.92 Å². The van der Waals surface area contributed by atoms with Crippen molar-refractivity contribution in [2.24, 2.45) is 0 Å². The van der Waals surface area contributed by atoms with E-state index < -0.39 is 0 Å². The second kappa shape index (κ2) is 4.96. The van der Waals surface area contributed by atoms with Gasteiger partial charge in [-0.25, -0.2) is 0 Å². The summed E-state index contributed by atoms with van der Waals surface area (Å²) in [6.45, 7) is 5.04. The van der Waals surface area contributed by atoms with Crippen LogP contribution in [-0.4, -0.2) is 19.5 Å². The number of carbonyl (C=O) groups is 1. The van der Waals surface area contributed by atoms with Crippen molar-refractivity contribution in [2.75, 3.05) is 13.2 Å². The van der Waals surface area contributed by atoms with E-state index in [9.17, 15) is 4.79 Å². The van der Waals surface area contributed by atoms with Gasteiger partial charge >= 0.3 is 0 Å². The van der Waals surface area contributed by atoms with Gasteiger partial charge in [0.25, 0.3) is 0 Å². The van der Waals surface area contributed by atoms with E-state index in [2.05, 4.69) is 0 Å². The molecule has 1 unspecified atom stereocenters. The molecule has 0 bridgehead atoms. The lowest BCUT2D eigenvalue weighted by molar-refractivity contribution is -0.108. The van der Waals surface area contributed by atoms with E-state index in [4.69, 9.17) is 21.1 Å². The van der Waals surface area contributed by atoms with Crippen molar-refractivity contribution < 1.29 is 14.3 Å². The van der Waals surface area contributed by atoms with Crippen LogP contribution in [0.3, 0.4) is 0 Å². The zero-order chi connectivity index (χ0) is 12.4. The Balaban J connectivity index is 2.48. The number of carbonyl (C=O) groups excluding carboxylic acids is 1. The first-order valence-electron chi connectivity index (χ1n) is 5.67. The van der Waals surface area contributed by atoms with Gasteiger partial charge in [0, 0.05) is 6.42 Å². The molecule has 1 aliphatic heterocycles. The highest BCUT2D eigenvalue weighted by atomic mass is 35.5. The lowest BCUT2D eigenvalue weighted by Gasteiger charge is -2.24. The van der Waals surface area contributed by atoms with Crippen LogP contribution in [0.1, 0.15) is 30.4 Å². The topological polar surface area (TPSA) is 35.5 Å². The Hall–Kier alpha value is -1.22. The molecule has 0 N–H and O–H groups in total. The van der Waals surface area contributed by atoms with E-state index in [0.717, 1.165) is 23.2 Å². The minimum atomic E-state index is 0.140. The number of ether oxygens (including phenoxy) is 2. The highest BCUT2D eigenvalue weighted by molar-refractivity contribution is 6.32. The van der Waals surface area contributed by atoms with Crippen LogP contribution in [0.2, 0.25) is 5.02 Å². The van der Waals surface area contributed by atoms with Gasteiger partial charge in [0.1, 0.15) is 19.5 Å². The second-order valence-corrected chi connectivity index (χ2v) is 4.64. The fourth-order valence-electron chi connectivity index (χ4n) is 2.10. The predicted molar refractivity (Wildman–Crippen MR) is 66.3 cm³/mol. The van der Waals surface area contributed by atoms with Gasteiger partial charge in [-0.2, -0.15) is 0 Å². The average Bonchev–Trinajstić information content (AvgIpc) is 2.34. The molecule has 17 heavy (non-hydrogen) atoms. The van der Waals surface area contributed by atoms with Crippen molar-refractivity contribution >= 4 is 17.9 Å². The van der Waals surface area contributed by atoms with E-state index in [0.29, 0.717) is 30.4 Å². The smallest absolute Gasteiger partial charge is 0.180 e. The normalized spacial score (nSPS) is 15.5. The minimum Gasteiger partial charge on any atom is -0.486 e. The van der Waals surface area contributed by atoms with Crippen LogP contribution >= 0.6 is 11.6 Å². The maximum Gasteiger partial charge on any atom is 0.180 e. The highest BCUT2D eigenvalue weighted by Gasteiger charge is 2.22. The van der Waals surface area contributed by atoms with E-state index in [-0.39, 0.29) is 5.92 Å². The van der Waals surface area contributed by atoms with Crippen molar-refractivity contribution in [3.8, 4) is 11.5 Å². The summed E-state index contributed by atoms with van der Waals surface area (Å²) in [5.74, 6) is 1.48. The number of rotatable bonds is 3. The van der Waals surface area contributed by atoms with Gasteiger partial charge in [-0.15, -0.1) is 0 Å². The Morgan fingerprint density at radius 2 is 2.06 bits per heavy atom. The summed E-state index contributed by atoms with van der Waals surface area (Å²) < 4.78 is 11.1. The van der Waals surface area contributed by atoms with Crippen LogP contribution < -0.4 is 9.47 Å². The fraction of sp³-hybridized carbons (Fsp3) is 0.462. The third-order valence-corrected chi connectivity index (χ3v) is 3.32. The van der Waals surface area contributed by atoms with Crippen molar-refractivity contribution in [3.63, 3.8) is 0 Å². The first kappa shape index (κ1) is 12.2. The number of hydrogen-bond donors (Lipinski definition) is 0. The molecule has 3 nitrogen and oxygen atoms in total. The van der Waals surface area contributed by atoms with E-state index in [1.165, 1.54) is 0 Å². The number of aldehydes is 1. The van der Waals surface area contributed by atoms with Gasteiger partial charge in [-0.1, -0.05) is 18.5 Å². The van der Waals surface area contributed by atoms with Gasteiger partial charge in [-0.3, -0.25) is 0 Å². The molecule has 0 spiro atoms. The van der Waals surface area contributed by atoms with Gasteiger partial charge in [0.15, 0.2) is 11.5 Å². The van der Waals surface area contributed by atoms with E-state index >= 15 is 0 Å². The Labute approximate surface area is 106 Å². The molecule has 1 heterocycles. The summed E-state index contributed by atoms with van der Waals surface area (Å²) >= 11 is 6.17. The molecule has 0 radical (unpaired) electrons. The molecule has 4 heteroatoms. The standard InChI is InChI=1S/C13H15ClO3/c1-8(3-4-15)10-7-11(14)13-12(9(10)2)16-5-6-17-13/h4,7-8H,3,5-6H2,1-2H3. The van der Waals surface area contributed by atoms with E-state index in [1.54, 1.807) is 0 Å². The van der Waals surface area contributed by atoms with Crippen LogP contribution in [-0.2, 0) is 4.79 Å². The molecule has 0 fully saturated rings. The Bertz CT molecular complexity index is 443. The van der Waals surface area contributed by atoms with Crippen molar-refractivity contribution in [3.05, 3.63) is 22.2 Å². The van der Waals surface area contributed by atoms with Gasteiger partial charge in [0.2, 0.25) is 0 Å². The summed E-state index contributed by atoms with van der Waals surface area (Å²) in [6.07, 6.45) is 1.41. The van der Waals surface area contributed by atoms with E-state index in [1.807, 2.05) is 19.9 Å². The predicted octanol–water partition coefficient (Wildman–Crippen LogP) is 3.11. The first-order valence-corrected chi connectivity index (χ1v) is 6.05. The van der Waals surface area contributed by atoms with Crippen LogP contribution in [0.5, 0.6) is 11.5 Å². The zero-order valence-electron chi connectivity index (χ0n) is 9.96. The fourth-order valence-corrected chi connectivity index (χ4v) is 2.36. The molecule has 2 rings (SSSR count). The molecule has 0 aliphatic carbocycles. The molecule has 1 aromatic carbocycles. The Kier molecular flexibility index (Phi) is 3.57. The third-order valence-electron chi connectivity index (χ3n) is 3.04. The molecular weight excluding hydrogens is 240 g/mol. The molecule has 0 saturated carbocycles. The third kappa shape index (κ3) is 2.25. The van der Waals surface area contributed by atoms with Gasteiger partial charge in [0.05, 0.1) is 5.02 Å². The molecule has 1 aliphatic rings. The van der Waals surface area contributed by atoms with Gasteiger partial charge in [-0.05, 0) is 30.0 Å². The maximum absolute atomic E-state index is 10.6. The maximum atomic E-state index is 10.6. The molecule has 0 saturated heterocycles. The van der Waals surface area contributed by atoms with Crippen molar-refractivity contribution in [2.45, 2.75) is 26.2 Å². The number of fused-ring (bicyclic) bond motifs is 1. The van der Waals surface area contributed by atoms with Crippen LogP contribution in [0.4, 0.5) is 0 Å². The summed E-state index contributed by atoms with van der Waals surface area (Å²) in [5, 5.41) is 0.554. The Morgan fingerprint density at radius 3 is 2.71 bits per heavy atom. The Morgan fingerprint density at radius 1 is 1.41 bits per heavy atom. The largest absolute Gasteiger partial charge is 0.486 e. The van der Waals surface area contributed by atoms with Crippen LogP contribution in [0.15, 0.2) is 6.07 Å². The first-order chi connectivity index (χ1) is 8.15. The molecule has 1 atom stereocenters. The summed E-state index contributed by atoms with van der Waals surface area (Å²) in [6, 6.07) is 1.87. The summed E-state index contributed by atoms with van der Waals surface area (Å²) in [5.41, 5.74) is 2.06. The molecular formula is C13H15ClO3. The molecule has 1 aromatic rings. The number of halogens is 1. The number of hydrogen-bond acceptors (Lipinski definition) is 3. The second-order valence-electron chi connectivity index (χ2n) is 4.23. The molecule has 0 amide bonds. The molecule has 92 valence electrons. The SMILES string of the molecule is Cc1c(C(C)CC=O)cc(Cl)c2c1OCCO2. The van der Waals surface area contributed by atoms with Gasteiger partial charge < -0.3 is 14.3 Å². The quantitative estimate of drug-likeness (QED) is 0.778. The zero-order valence-corrected chi connectivity index (χ0v) is 10.7. The minimum absolute atomic E-state index is 0.140. The lowest BCUT2D eigenvalue weighted by Crippen LogP contribution is -2.17. The average molecular weight is 255 g/mol.